The molecule has 1 aromatic carbocycles. The first kappa shape index (κ1) is 27.0. The van der Waals surface area contributed by atoms with Crippen molar-refractivity contribution in [3.8, 4) is 0 Å². The zero-order valence-electron chi connectivity index (χ0n) is 18.9. The van der Waals surface area contributed by atoms with Gasteiger partial charge in [0, 0.05) is 44.8 Å². The van der Waals surface area contributed by atoms with Gasteiger partial charge in [-0.25, -0.2) is 4.79 Å². The molecule has 0 aliphatic carbocycles. The van der Waals surface area contributed by atoms with Crippen molar-refractivity contribution in [3.05, 3.63) is 29.8 Å². The summed E-state index contributed by atoms with van der Waals surface area (Å²) in [7, 11) is 1.74. The van der Waals surface area contributed by atoms with E-state index in [4.69, 9.17) is 4.74 Å². The zero-order chi connectivity index (χ0) is 21.9. The summed E-state index contributed by atoms with van der Waals surface area (Å²) in [5.74, 6) is 1.08. The Morgan fingerprint density at radius 3 is 2.58 bits per heavy atom. The van der Waals surface area contributed by atoms with E-state index in [9.17, 15) is 9.59 Å². The molecule has 8 nitrogen and oxygen atoms in total. The fourth-order valence-corrected chi connectivity index (χ4v) is 3.34. The molecule has 1 aromatic rings. The first-order valence-electron chi connectivity index (χ1n) is 10.7. The first-order chi connectivity index (χ1) is 14.4. The first-order valence-corrected chi connectivity index (χ1v) is 10.7. The smallest absolute Gasteiger partial charge is 0.409 e. The van der Waals surface area contributed by atoms with Crippen LogP contribution in [0.3, 0.4) is 0 Å². The van der Waals surface area contributed by atoms with Gasteiger partial charge in [0.1, 0.15) is 0 Å². The van der Waals surface area contributed by atoms with Gasteiger partial charge in [-0.1, -0.05) is 26.0 Å². The van der Waals surface area contributed by atoms with Crippen LogP contribution in [-0.2, 0) is 16.1 Å². The normalized spacial score (nSPS) is 14.6. The van der Waals surface area contributed by atoms with E-state index < -0.39 is 0 Å². The molecule has 1 saturated heterocycles. The van der Waals surface area contributed by atoms with E-state index in [0.29, 0.717) is 38.6 Å². The summed E-state index contributed by atoms with van der Waals surface area (Å²) >= 11 is 0. The molecule has 3 N–H and O–H groups in total. The highest BCUT2D eigenvalue weighted by Gasteiger charge is 2.24. The summed E-state index contributed by atoms with van der Waals surface area (Å²) in [6, 6.07) is 8.06. The second kappa shape index (κ2) is 14.1. The van der Waals surface area contributed by atoms with Gasteiger partial charge < -0.3 is 25.6 Å². The van der Waals surface area contributed by atoms with Crippen LogP contribution in [0.25, 0.3) is 0 Å². The van der Waals surface area contributed by atoms with E-state index in [1.807, 2.05) is 45.0 Å². The third-order valence-electron chi connectivity index (χ3n) is 4.85. The molecule has 0 aromatic heterocycles. The number of rotatable bonds is 7. The molecule has 2 amide bonds. The number of ether oxygens (including phenoxy) is 1. The Balaban J connectivity index is 0.00000480. The molecule has 2 rings (SSSR count). The van der Waals surface area contributed by atoms with Crippen molar-refractivity contribution in [2.75, 3.05) is 32.1 Å². The lowest BCUT2D eigenvalue weighted by Crippen LogP contribution is -2.49. The molecule has 1 heterocycles. The van der Waals surface area contributed by atoms with Crippen molar-refractivity contribution in [2.45, 2.75) is 52.6 Å². The van der Waals surface area contributed by atoms with Crippen molar-refractivity contribution in [1.29, 1.82) is 0 Å². The van der Waals surface area contributed by atoms with E-state index in [2.05, 4.69) is 20.9 Å². The Morgan fingerprint density at radius 2 is 1.97 bits per heavy atom. The molecule has 0 atom stereocenters. The zero-order valence-corrected chi connectivity index (χ0v) is 21.3. The maximum Gasteiger partial charge on any atom is 0.409 e. The van der Waals surface area contributed by atoms with E-state index >= 15 is 0 Å². The van der Waals surface area contributed by atoms with E-state index in [0.717, 1.165) is 30.1 Å². The summed E-state index contributed by atoms with van der Waals surface area (Å²) < 4.78 is 5.06. The molecule has 0 bridgehead atoms. The van der Waals surface area contributed by atoms with Crippen LogP contribution in [0, 0.1) is 5.92 Å². The minimum atomic E-state index is -0.237. The highest BCUT2D eigenvalue weighted by atomic mass is 127. The second-order valence-electron chi connectivity index (χ2n) is 7.88. The highest BCUT2D eigenvalue weighted by Crippen LogP contribution is 2.13. The molecule has 174 valence electrons. The number of nitrogens with one attached hydrogen (secondary N) is 3. The van der Waals surface area contributed by atoms with Gasteiger partial charge >= 0.3 is 6.09 Å². The van der Waals surface area contributed by atoms with Crippen molar-refractivity contribution in [2.24, 2.45) is 10.9 Å². The Hall–Kier alpha value is -2.04. The van der Waals surface area contributed by atoms with Gasteiger partial charge in [-0.15, -0.1) is 24.0 Å². The maximum absolute atomic E-state index is 12.0. The lowest BCUT2D eigenvalue weighted by molar-refractivity contribution is -0.116. The van der Waals surface area contributed by atoms with Crippen molar-refractivity contribution in [3.63, 3.8) is 0 Å². The standard InChI is InChI=1S/C22H35N5O3.HI/c1-5-30-22(29)27-11-9-18(10-12-27)26-21(23-4)24-15-17-7-6-8-19(14-17)25-20(28)13-16(2)3;/h6-8,14,16,18H,5,9-13,15H2,1-4H3,(H,25,28)(H2,23,24,26);1H. The fourth-order valence-electron chi connectivity index (χ4n) is 3.34. The summed E-state index contributed by atoms with van der Waals surface area (Å²) in [6.07, 6.45) is 1.96. The lowest BCUT2D eigenvalue weighted by atomic mass is 10.1. The van der Waals surface area contributed by atoms with Gasteiger partial charge in [-0.2, -0.15) is 0 Å². The predicted octanol–water partition coefficient (Wildman–Crippen LogP) is 3.58. The molecule has 1 aliphatic rings. The number of aliphatic imine (C=N–C) groups is 1. The molecule has 9 heteroatoms. The number of carbonyl (C=O) groups excluding carboxylic acids is 2. The number of anilines is 1. The highest BCUT2D eigenvalue weighted by molar-refractivity contribution is 14.0. The van der Waals surface area contributed by atoms with Crippen LogP contribution in [0.5, 0.6) is 0 Å². The molecule has 0 spiro atoms. The molecule has 1 aliphatic heterocycles. The SMILES string of the molecule is CCOC(=O)N1CCC(NC(=NC)NCc2cccc(NC(=O)CC(C)C)c2)CC1.I. The Bertz CT molecular complexity index is 734. The second-order valence-corrected chi connectivity index (χ2v) is 7.88. The predicted molar refractivity (Wildman–Crippen MR) is 135 cm³/mol. The molecular formula is C22H36IN5O3. The van der Waals surface area contributed by atoms with E-state index in [1.54, 1.807) is 11.9 Å². The van der Waals surface area contributed by atoms with Gasteiger partial charge in [0.15, 0.2) is 5.96 Å². The summed E-state index contributed by atoms with van der Waals surface area (Å²) in [5.41, 5.74) is 1.85. The third kappa shape index (κ3) is 9.75. The number of nitrogens with zero attached hydrogens (tertiary/aromatic N) is 2. The molecular weight excluding hydrogens is 509 g/mol. The van der Waals surface area contributed by atoms with Crippen LogP contribution >= 0.6 is 24.0 Å². The largest absolute Gasteiger partial charge is 0.450 e. The third-order valence-corrected chi connectivity index (χ3v) is 4.85. The number of halogens is 1. The van der Waals surface area contributed by atoms with Gasteiger partial charge in [0.25, 0.3) is 0 Å². The Labute approximate surface area is 202 Å². The average Bonchev–Trinajstić information content (AvgIpc) is 2.71. The number of benzene rings is 1. The number of amides is 2. The summed E-state index contributed by atoms with van der Waals surface area (Å²) in [5, 5.41) is 9.70. The van der Waals surface area contributed by atoms with Gasteiger partial charge in [-0.05, 0) is 43.4 Å². The van der Waals surface area contributed by atoms with Crippen LogP contribution in [0.15, 0.2) is 29.3 Å². The number of hydrogen-bond donors (Lipinski definition) is 3. The topological polar surface area (TPSA) is 95.1 Å². The Kier molecular flexibility index (Phi) is 12.3. The van der Waals surface area contributed by atoms with Crippen LogP contribution in [-0.4, -0.2) is 55.6 Å². The van der Waals surface area contributed by atoms with Crippen molar-refractivity contribution < 1.29 is 14.3 Å². The van der Waals surface area contributed by atoms with E-state index in [-0.39, 0.29) is 42.0 Å². The van der Waals surface area contributed by atoms with Crippen LogP contribution in [0.2, 0.25) is 0 Å². The number of likely N-dealkylation sites (tertiary alicyclic amines) is 1. The lowest BCUT2D eigenvalue weighted by Gasteiger charge is -2.32. The number of carbonyl (C=O) groups is 2. The molecule has 31 heavy (non-hydrogen) atoms. The average molecular weight is 545 g/mol. The van der Waals surface area contributed by atoms with E-state index in [1.165, 1.54) is 0 Å². The summed E-state index contributed by atoms with van der Waals surface area (Å²) in [4.78, 5) is 29.8. The van der Waals surface area contributed by atoms with Crippen LogP contribution < -0.4 is 16.0 Å². The Morgan fingerprint density at radius 1 is 1.26 bits per heavy atom. The van der Waals surface area contributed by atoms with Crippen LogP contribution in [0.1, 0.15) is 45.6 Å². The molecule has 0 radical (unpaired) electrons. The van der Waals surface area contributed by atoms with Gasteiger partial charge in [0.05, 0.1) is 6.61 Å². The maximum atomic E-state index is 12.0. The monoisotopic (exact) mass is 545 g/mol. The van der Waals surface area contributed by atoms with Gasteiger partial charge in [0.2, 0.25) is 5.91 Å². The molecule has 0 saturated carbocycles. The van der Waals surface area contributed by atoms with Crippen molar-refractivity contribution >= 4 is 47.6 Å². The van der Waals surface area contributed by atoms with Crippen LogP contribution in [0.4, 0.5) is 10.5 Å². The number of hydrogen-bond acceptors (Lipinski definition) is 4. The minimum Gasteiger partial charge on any atom is -0.450 e. The van der Waals surface area contributed by atoms with Gasteiger partial charge in [-0.3, -0.25) is 9.79 Å². The minimum absolute atomic E-state index is 0. The van der Waals surface area contributed by atoms with Crippen molar-refractivity contribution in [1.82, 2.24) is 15.5 Å². The number of piperidine rings is 1. The quantitative estimate of drug-likeness (QED) is 0.277. The molecule has 0 unspecified atom stereocenters. The summed E-state index contributed by atoms with van der Waals surface area (Å²) in [6.45, 7) is 8.21. The molecule has 1 fully saturated rings. The fraction of sp³-hybridized carbons (Fsp3) is 0.591. The number of guanidine groups is 1.